The van der Waals surface area contributed by atoms with E-state index in [1.165, 1.54) is 0 Å². The van der Waals surface area contributed by atoms with E-state index < -0.39 is 0 Å². The molecule has 0 atom stereocenters. The number of aryl methyl sites for hydroxylation is 1. The second kappa shape index (κ2) is 12.7. The summed E-state index contributed by atoms with van der Waals surface area (Å²) in [5, 5.41) is 3.38. The van der Waals surface area contributed by atoms with E-state index in [1.54, 1.807) is 0 Å². The SMILES string of the molecule is CCc1cc2ncc(CN3CCN(c4ccc(C(=O)N5CCC(OC6CCNCC6)CC5)nc4)CC3)cc2[nH]c1=O. The number of hydrogen-bond donors (Lipinski definition) is 2. The molecule has 10 heteroatoms. The number of piperazine rings is 1. The van der Waals surface area contributed by atoms with E-state index in [0.717, 1.165) is 112 Å². The van der Waals surface area contributed by atoms with Gasteiger partial charge in [-0.15, -0.1) is 0 Å². The standard InChI is InChI=1S/C31H41N7O3/c1-2-23-18-28-29(35-30(23)39)17-22(19-33-28)21-36-13-15-37(16-14-36)24-3-4-27(34-20-24)31(40)38-11-7-26(8-12-38)41-25-5-9-32-10-6-25/h3-4,17-20,25-26,32H,2,5-16,21H2,1H3,(H,35,39). The minimum atomic E-state index is -0.0314. The van der Waals surface area contributed by atoms with Crippen LogP contribution in [0, 0.1) is 0 Å². The Morgan fingerprint density at radius 3 is 2.41 bits per heavy atom. The molecular formula is C31H41N7O3. The predicted octanol–water partition coefficient (Wildman–Crippen LogP) is 2.58. The molecule has 0 bridgehead atoms. The van der Waals surface area contributed by atoms with E-state index in [4.69, 9.17) is 4.74 Å². The highest BCUT2D eigenvalue weighted by atomic mass is 16.5. The number of H-pyrrole nitrogens is 1. The smallest absolute Gasteiger partial charge is 0.272 e. The van der Waals surface area contributed by atoms with E-state index in [-0.39, 0.29) is 17.6 Å². The van der Waals surface area contributed by atoms with Crippen molar-refractivity contribution in [1.29, 1.82) is 0 Å². The summed E-state index contributed by atoms with van der Waals surface area (Å²) < 4.78 is 6.30. The maximum Gasteiger partial charge on any atom is 0.272 e. The number of likely N-dealkylation sites (tertiary alicyclic amines) is 1. The minimum absolute atomic E-state index is 0.0120. The van der Waals surface area contributed by atoms with Crippen LogP contribution in [0.2, 0.25) is 0 Å². The Morgan fingerprint density at radius 1 is 0.951 bits per heavy atom. The van der Waals surface area contributed by atoms with Crippen LogP contribution in [0.5, 0.6) is 0 Å². The Morgan fingerprint density at radius 2 is 1.71 bits per heavy atom. The molecule has 0 saturated carbocycles. The van der Waals surface area contributed by atoms with Crippen molar-refractivity contribution in [2.24, 2.45) is 0 Å². The van der Waals surface area contributed by atoms with E-state index in [9.17, 15) is 9.59 Å². The zero-order valence-electron chi connectivity index (χ0n) is 24.0. The molecule has 0 aromatic carbocycles. The van der Waals surface area contributed by atoms with Gasteiger partial charge in [0.1, 0.15) is 5.69 Å². The van der Waals surface area contributed by atoms with Crippen LogP contribution in [0.4, 0.5) is 5.69 Å². The van der Waals surface area contributed by atoms with Gasteiger partial charge < -0.3 is 24.8 Å². The number of nitrogens with zero attached hydrogens (tertiary/aromatic N) is 5. The number of pyridine rings is 3. The van der Waals surface area contributed by atoms with Crippen molar-refractivity contribution in [2.45, 2.75) is 57.8 Å². The predicted molar refractivity (Wildman–Crippen MR) is 159 cm³/mol. The first-order chi connectivity index (χ1) is 20.1. The molecule has 10 nitrogen and oxygen atoms in total. The Hall–Kier alpha value is -3.34. The Bertz CT molecular complexity index is 1390. The van der Waals surface area contributed by atoms with E-state index >= 15 is 0 Å². The molecule has 3 aliphatic heterocycles. The van der Waals surface area contributed by atoms with Crippen molar-refractivity contribution < 1.29 is 9.53 Å². The first-order valence-corrected chi connectivity index (χ1v) is 15.2. The van der Waals surface area contributed by atoms with E-state index in [2.05, 4.69) is 30.1 Å². The Balaban J connectivity index is 0.977. The highest BCUT2D eigenvalue weighted by Gasteiger charge is 2.27. The molecule has 3 aliphatic rings. The summed E-state index contributed by atoms with van der Waals surface area (Å²) in [7, 11) is 0. The molecule has 3 saturated heterocycles. The molecule has 6 rings (SSSR count). The lowest BCUT2D eigenvalue weighted by Gasteiger charge is -2.36. The van der Waals surface area contributed by atoms with Gasteiger partial charge in [0, 0.05) is 57.6 Å². The summed E-state index contributed by atoms with van der Waals surface area (Å²) >= 11 is 0. The number of aromatic nitrogens is 3. The second-order valence-electron chi connectivity index (χ2n) is 11.5. The van der Waals surface area contributed by atoms with Gasteiger partial charge in [0.2, 0.25) is 0 Å². The van der Waals surface area contributed by atoms with Crippen LogP contribution >= 0.6 is 0 Å². The molecule has 3 aromatic rings. The minimum Gasteiger partial charge on any atom is -0.375 e. The van der Waals surface area contributed by atoms with E-state index in [1.807, 2.05) is 48.5 Å². The molecule has 3 fully saturated rings. The number of nitrogens with one attached hydrogen (secondary N) is 2. The Kier molecular flexibility index (Phi) is 8.59. The summed E-state index contributed by atoms with van der Waals surface area (Å²) in [4.78, 5) is 44.1. The zero-order valence-corrected chi connectivity index (χ0v) is 24.0. The number of piperidine rings is 2. The van der Waals surface area contributed by atoms with Gasteiger partial charge in [0.15, 0.2) is 0 Å². The number of carbonyl (C=O) groups excluding carboxylic acids is 1. The number of hydrogen-bond acceptors (Lipinski definition) is 8. The number of fused-ring (bicyclic) bond motifs is 1. The molecule has 3 aromatic heterocycles. The molecule has 2 N–H and O–H groups in total. The van der Waals surface area contributed by atoms with Gasteiger partial charge in [-0.3, -0.25) is 19.5 Å². The van der Waals surface area contributed by atoms with Crippen LogP contribution < -0.4 is 15.8 Å². The van der Waals surface area contributed by atoms with Crippen molar-refractivity contribution in [2.75, 3.05) is 57.3 Å². The fourth-order valence-corrected chi connectivity index (χ4v) is 6.20. The van der Waals surface area contributed by atoms with Crippen LogP contribution in [0.25, 0.3) is 11.0 Å². The molecule has 0 spiro atoms. The summed E-state index contributed by atoms with van der Waals surface area (Å²) in [6, 6.07) is 7.82. The van der Waals surface area contributed by atoms with Crippen LogP contribution in [0.1, 0.15) is 54.2 Å². The fraction of sp³-hybridized carbons (Fsp3) is 0.548. The number of carbonyl (C=O) groups is 1. The van der Waals surface area contributed by atoms with Gasteiger partial charge in [-0.1, -0.05) is 6.92 Å². The lowest BCUT2D eigenvalue weighted by molar-refractivity contribution is -0.0500. The van der Waals surface area contributed by atoms with Gasteiger partial charge in [0.25, 0.3) is 11.5 Å². The highest BCUT2D eigenvalue weighted by Crippen LogP contribution is 2.22. The first-order valence-electron chi connectivity index (χ1n) is 15.2. The third-order valence-electron chi connectivity index (χ3n) is 8.72. The molecular weight excluding hydrogens is 518 g/mol. The van der Waals surface area contributed by atoms with Crippen LogP contribution in [-0.4, -0.2) is 95.2 Å². The summed E-state index contributed by atoms with van der Waals surface area (Å²) in [5.74, 6) is 0.0120. The molecule has 0 unspecified atom stereocenters. The monoisotopic (exact) mass is 559 g/mol. The number of rotatable bonds is 7. The molecule has 41 heavy (non-hydrogen) atoms. The topological polar surface area (TPSA) is 107 Å². The summed E-state index contributed by atoms with van der Waals surface area (Å²) in [6.07, 6.45) is 9.00. The molecule has 1 amide bonds. The van der Waals surface area contributed by atoms with Gasteiger partial charge in [-0.25, -0.2) is 4.98 Å². The number of amides is 1. The quantitative estimate of drug-likeness (QED) is 0.455. The van der Waals surface area contributed by atoms with Crippen LogP contribution in [0.15, 0.2) is 41.5 Å². The largest absolute Gasteiger partial charge is 0.375 e. The maximum atomic E-state index is 13.1. The number of aromatic amines is 1. The highest BCUT2D eigenvalue weighted by molar-refractivity contribution is 5.92. The first kappa shape index (κ1) is 27.8. The van der Waals surface area contributed by atoms with Crippen LogP contribution in [-0.2, 0) is 17.7 Å². The third-order valence-corrected chi connectivity index (χ3v) is 8.72. The molecule has 0 radical (unpaired) electrons. The maximum absolute atomic E-state index is 13.1. The number of anilines is 1. The average Bonchev–Trinajstić information content (AvgIpc) is 3.02. The lowest BCUT2D eigenvalue weighted by atomic mass is 10.0. The Labute approximate surface area is 241 Å². The zero-order chi connectivity index (χ0) is 28.2. The third kappa shape index (κ3) is 6.60. The average molecular weight is 560 g/mol. The second-order valence-corrected chi connectivity index (χ2v) is 11.5. The number of ether oxygens (including phenoxy) is 1. The van der Waals surface area contributed by atoms with Crippen molar-refractivity contribution >= 4 is 22.6 Å². The van der Waals surface area contributed by atoms with Crippen molar-refractivity contribution in [3.8, 4) is 0 Å². The molecule has 0 aliphatic carbocycles. The summed E-state index contributed by atoms with van der Waals surface area (Å²) in [6.45, 7) is 9.89. The van der Waals surface area contributed by atoms with Gasteiger partial charge in [0.05, 0.1) is 35.1 Å². The van der Waals surface area contributed by atoms with Gasteiger partial charge in [-0.2, -0.15) is 0 Å². The normalized spacial score (nSPS) is 19.6. The van der Waals surface area contributed by atoms with Crippen molar-refractivity contribution in [3.63, 3.8) is 0 Å². The van der Waals surface area contributed by atoms with Gasteiger partial charge in [-0.05, 0) is 75.0 Å². The van der Waals surface area contributed by atoms with Gasteiger partial charge >= 0.3 is 0 Å². The van der Waals surface area contributed by atoms with E-state index in [0.29, 0.717) is 18.2 Å². The lowest BCUT2D eigenvalue weighted by Crippen LogP contribution is -2.46. The molecule has 218 valence electrons. The fourth-order valence-electron chi connectivity index (χ4n) is 6.20. The van der Waals surface area contributed by atoms with Crippen molar-refractivity contribution in [1.82, 2.24) is 30.1 Å². The summed E-state index contributed by atoms with van der Waals surface area (Å²) in [5.41, 5.74) is 5.01. The van der Waals surface area contributed by atoms with Crippen LogP contribution in [0.3, 0.4) is 0 Å². The molecule has 6 heterocycles. The van der Waals surface area contributed by atoms with Crippen molar-refractivity contribution in [3.05, 3.63) is 63.8 Å².